The molecule has 0 saturated carbocycles. The van der Waals surface area contributed by atoms with Crippen LogP contribution in [0.4, 0.5) is 19.4 Å². The number of nitrogens with zero attached hydrogens (tertiary/aromatic N) is 4. The van der Waals surface area contributed by atoms with Crippen LogP contribution in [0.1, 0.15) is 46.1 Å². The van der Waals surface area contributed by atoms with Crippen LogP contribution in [0.5, 0.6) is 0 Å². The summed E-state index contributed by atoms with van der Waals surface area (Å²) in [4.78, 5) is 26.4. The van der Waals surface area contributed by atoms with Crippen molar-refractivity contribution >= 4 is 50.5 Å². The molecular formula is C23H27BrF2N4O2S. The number of benzene rings is 1. The molecule has 1 amide bonds. The molecule has 3 aliphatic heterocycles. The molecular weight excluding hydrogens is 514 g/mol. The minimum atomic E-state index is -0.702. The van der Waals surface area contributed by atoms with Gasteiger partial charge in [0.2, 0.25) is 0 Å². The second kappa shape index (κ2) is 7.93. The van der Waals surface area contributed by atoms with Gasteiger partial charge in [-0.25, -0.2) is 23.5 Å². The number of rotatable bonds is 1. The first-order valence-electron chi connectivity index (χ1n) is 11.2. The summed E-state index contributed by atoms with van der Waals surface area (Å²) in [5.74, 6) is -0.727. The van der Waals surface area contributed by atoms with E-state index in [0.717, 1.165) is 12.8 Å². The van der Waals surface area contributed by atoms with E-state index in [-0.39, 0.29) is 40.1 Å². The van der Waals surface area contributed by atoms with Crippen LogP contribution in [0.15, 0.2) is 9.63 Å². The molecule has 3 aliphatic rings. The Morgan fingerprint density at radius 1 is 1.21 bits per heavy atom. The number of aromatic nitrogens is 2. The van der Waals surface area contributed by atoms with Crippen molar-refractivity contribution in [2.75, 3.05) is 17.7 Å². The average molecular weight is 541 g/mol. The number of carbonyl (C=O) groups excluding carboxylic acids is 1. The summed E-state index contributed by atoms with van der Waals surface area (Å²) in [5.41, 5.74) is -0.0114. The van der Waals surface area contributed by atoms with Gasteiger partial charge in [0.05, 0.1) is 28.0 Å². The van der Waals surface area contributed by atoms with E-state index in [4.69, 9.17) is 9.72 Å². The second-order valence-corrected chi connectivity index (χ2v) is 11.8. The molecule has 1 aromatic heterocycles. The highest BCUT2D eigenvalue weighted by Crippen LogP contribution is 2.47. The number of halogens is 3. The van der Waals surface area contributed by atoms with Crippen molar-refractivity contribution in [3.63, 3.8) is 0 Å². The van der Waals surface area contributed by atoms with E-state index in [1.54, 1.807) is 0 Å². The smallest absolute Gasteiger partial charge is 0.410 e. The third-order valence-corrected chi connectivity index (χ3v) is 8.15. The van der Waals surface area contributed by atoms with Crippen LogP contribution in [0.25, 0.3) is 10.9 Å². The van der Waals surface area contributed by atoms with Crippen molar-refractivity contribution < 1.29 is 18.3 Å². The lowest BCUT2D eigenvalue weighted by atomic mass is 9.87. The molecule has 2 fully saturated rings. The number of hydrogen-bond acceptors (Lipinski definition) is 6. The lowest BCUT2D eigenvalue weighted by molar-refractivity contribution is 0.00491. The predicted molar refractivity (Wildman–Crippen MR) is 128 cm³/mol. The third kappa shape index (κ3) is 3.59. The summed E-state index contributed by atoms with van der Waals surface area (Å²) in [6.07, 6.45) is 3.65. The number of anilines is 1. The van der Waals surface area contributed by atoms with E-state index in [1.165, 1.54) is 11.8 Å². The quantitative estimate of drug-likeness (QED) is 0.269. The van der Waals surface area contributed by atoms with Crippen molar-refractivity contribution in [1.29, 1.82) is 0 Å². The molecule has 2 aromatic rings. The van der Waals surface area contributed by atoms with Crippen molar-refractivity contribution in [1.82, 2.24) is 14.9 Å². The SMILES string of the molecule is CSc1nc2c3c(c(F)c(Br)c(F)c3n1)C[C@H](C)[C@H]1[C@@H]3CC[C@H](CN21)N3C(=O)OC(C)(C)C. The first kappa shape index (κ1) is 23.1. The number of amides is 1. The summed E-state index contributed by atoms with van der Waals surface area (Å²) in [7, 11) is 0. The Balaban J connectivity index is 1.67. The summed E-state index contributed by atoms with van der Waals surface area (Å²) >= 11 is 4.43. The molecule has 0 spiro atoms. The molecule has 2 saturated heterocycles. The summed E-state index contributed by atoms with van der Waals surface area (Å²) in [5, 5.41) is 0.890. The fourth-order valence-electron chi connectivity index (χ4n) is 5.74. The second-order valence-electron chi connectivity index (χ2n) is 10.2. The zero-order chi connectivity index (χ0) is 23.8. The minimum Gasteiger partial charge on any atom is -0.444 e. The van der Waals surface area contributed by atoms with E-state index in [0.29, 0.717) is 34.9 Å². The maximum atomic E-state index is 15.3. The van der Waals surface area contributed by atoms with Crippen molar-refractivity contribution in [3.8, 4) is 0 Å². The molecule has 2 bridgehead atoms. The standard InChI is InChI=1S/C23H27BrF2N4O2S/c1-10-8-12-14-18(17(26)15(24)16(12)25)27-21(33-5)28-20(14)29-9-11-6-7-13(19(10)29)30(11)22(31)32-23(2,3)4/h10-11,13,19H,6-9H2,1-5H3/t10-,11+,13-,19-/m0/s1. The molecule has 0 aliphatic carbocycles. The Morgan fingerprint density at radius 3 is 2.61 bits per heavy atom. The van der Waals surface area contributed by atoms with Crippen LogP contribution < -0.4 is 4.90 Å². The Hall–Kier alpha value is -1.68. The lowest BCUT2D eigenvalue weighted by Gasteiger charge is -2.49. The summed E-state index contributed by atoms with van der Waals surface area (Å²) < 4.78 is 36.1. The van der Waals surface area contributed by atoms with Gasteiger partial charge in [-0.2, -0.15) is 0 Å². The summed E-state index contributed by atoms with van der Waals surface area (Å²) in [6.45, 7) is 8.21. The number of piperazine rings is 1. The van der Waals surface area contributed by atoms with E-state index >= 15 is 8.78 Å². The maximum absolute atomic E-state index is 15.3. The average Bonchev–Trinajstić information content (AvgIpc) is 2.99. The Bertz CT molecular complexity index is 1160. The van der Waals surface area contributed by atoms with Crippen molar-refractivity contribution in [2.24, 2.45) is 5.92 Å². The Labute approximate surface area is 204 Å². The molecule has 5 rings (SSSR count). The van der Waals surface area contributed by atoms with Gasteiger partial charge in [0.25, 0.3) is 0 Å². The third-order valence-electron chi connectivity index (χ3n) is 6.91. The predicted octanol–water partition coefficient (Wildman–Crippen LogP) is 5.54. The van der Waals surface area contributed by atoms with Crippen LogP contribution >= 0.6 is 27.7 Å². The minimum absolute atomic E-state index is 0.000905. The van der Waals surface area contributed by atoms with Gasteiger partial charge in [-0.3, -0.25) is 4.90 Å². The van der Waals surface area contributed by atoms with Gasteiger partial charge in [-0.1, -0.05) is 18.7 Å². The molecule has 10 heteroatoms. The molecule has 0 radical (unpaired) electrons. The highest BCUT2D eigenvalue weighted by atomic mass is 79.9. The molecule has 4 atom stereocenters. The van der Waals surface area contributed by atoms with E-state index < -0.39 is 17.2 Å². The first-order valence-corrected chi connectivity index (χ1v) is 13.2. The van der Waals surface area contributed by atoms with Crippen LogP contribution in [-0.4, -0.2) is 57.5 Å². The molecule has 178 valence electrons. The topological polar surface area (TPSA) is 58.6 Å². The molecule has 1 aromatic carbocycles. The van der Waals surface area contributed by atoms with Gasteiger partial charge in [-0.15, -0.1) is 0 Å². The normalized spacial score (nSPS) is 26.4. The van der Waals surface area contributed by atoms with Gasteiger partial charge in [0, 0.05) is 12.1 Å². The highest BCUT2D eigenvalue weighted by Gasteiger charge is 2.53. The fourth-order valence-corrected chi connectivity index (χ4v) is 6.53. The highest BCUT2D eigenvalue weighted by molar-refractivity contribution is 9.10. The zero-order valence-corrected chi connectivity index (χ0v) is 21.7. The zero-order valence-electron chi connectivity index (χ0n) is 19.3. The Kier molecular flexibility index (Phi) is 5.55. The fraction of sp³-hybridized carbons (Fsp3) is 0.609. The number of fused-ring (bicyclic) bond motifs is 5. The van der Waals surface area contributed by atoms with Gasteiger partial charge in [0.15, 0.2) is 11.0 Å². The largest absolute Gasteiger partial charge is 0.444 e. The van der Waals surface area contributed by atoms with E-state index in [1.807, 2.05) is 31.9 Å². The molecule has 4 heterocycles. The monoisotopic (exact) mass is 540 g/mol. The maximum Gasteiger partial charge on any atom is 0.410 e. The lowest BCUT2D eigenvalue weighted by Crippen LogP contribution is -2.63. The van der Waals surface area contributed by atoms with Gasteiger partial charge >= 0.3 is 6.09 Å². The van der Waals surface area contributed by atoms with Gasteiger partial charge < -0.3 is 9.64 Å². The number of thioether (sulfide) groups is 1. The molecule has 6 nitrogen and oxygen atoms in total. The first-order chi connectivity index (χ1) is 15.5. The number of ether oxygens (including phenoxy) is 1. The van der Waals surface area contributed by atoms with Crippen molar-refractivity contribution in [3.05, 3.63) is 21.7 Å². The van der Waals surface area contributed by atoms with Crippen molar-refractivity contribution in [2.45, 2.75) is 75.8 Å². The number of carbonyl (C=O) groups is 1. The van der Waals surface area contributed by atoms with Crippen LogP contribution in [0.3, 0.4) is 0 Å². The van der Waals surface area contributed by atoms with Crippen LogP contribution in [-0.2, 0) is 11.2 Å². The molecule has 33 heavy (non-hydrogen) atoms. The van der Waals surface area contributed by atoms with Crippen LogP contribution in [0.2, 0.25) is 0 Å². The number of hydrogen-bond donors (Lipinski definition) is 0. The van der Waals surface area contributed by atoms with Gasteiger partial charge in [-0.05, 0) is 68.1 Å². The molecule has 0 N–H and O–H groups in total. The van der Waals surface area contributed by atoms with Crippen LogP contribution in [0, 0.1) is 17.6 Å². The van der Waals surface area contributed by atoms with E-state index in [9.17, 15) is 4.79 Å². The van der Waals surface area contributed by atoms with Gasteiger partial charge in [0.1, 0.15) is 22.8 Å². The molecule has 0 unspecified atom stereocenters. The summed E-state index contributed by atoms with van der Waals surface area (Å²) in [6, 6.07) is -0.206. The Morgan fingerprint density at radius 2 is 1.94 bits per heavy atom. The van der Waals surface area contributed by atoms with E-state index in [2.05, 4.69) is 32.7 Å².